The van der Waals surface area contributed by atoms with Gasteiger partial charge in [-0.3, -0.25) is 11.3 Å². The van der Waals surface area contributed by atoms with Crippen LogP contribution in [0.3, 0.4) is 0 Å². The van der Waals surface area contributed by atoms with Crippen molar-refractivity contribution in [1.29, 1.82) is 0 Å². The van der Waals surface area contributed by atoms with Gasteiger partial charge in [-0.2, -0.15) is 11.8 Å². The molecule has 0 aromatic rings. The minimum Gasteiger partial charge on any atom is -0.377 e. The van der Waals surface area contributed by atoms with Crippen molar-refractivity contribution < 1.29 is 9.47 Å². The van der Waals surface area contributed by atoms with Crippen LogP contribution in [0.1, 0.15) is 33.1 Å². The highest BCUT2D eigenvalue weighted by atomic mass is 32.2. The zero-order chi connectivity index (χ0) is 13.2. The van der Waals surface area contributed by atoms with Gasteiger partial charge < -0.3 is 9.47 Å². The summed E-state index contributed by atoms with van der Waals surface area (Å²) in [7, 11) is 1.75. The van der Waals surface area contributed by atoms with E-state index < -0.39 is 0 Å². The molecule has 106 valence electrons. The number of rotatable bonds is 4. The second kappa shape index (κ2) is 5.67. The van der Waals surface area contributed by atoms with E-state index in [1.807, 2.05) is 11.8 Å². The summed E-state index contributed by atoms with van der Waals surface area (Å²) in [5.41, 5.74) is 2.84. The quantitative estimate of drug-likeness (QED) is 0.602. The first-order valence-electron chi connectivity index (χ1n) is 6.76. The van der Waals surface area contributed by atoms with Crippen molar-refractivity contribution in [2.75, 3.05) is 25.2 Å². The second-order valence-corrected chi connectivity index (χ2v) is 7.14. The maximum Gasteiger partial charge on any atom is 0.0791 e. The summed E-state index contributed by atoms with van der Waals surface area (Å²) in [5, 5.41) is 0. The smallest absolute Gasteiger partial charge is 0.0791 e. The molecular weight excluding hydrogens is 248 g/mol. The Morgan fingerprint density at radius 3 is 2.89 bits per heavy atom. The number of methoxy groups -OCH3 is 1. The summed E-state index contributed by atoms with van der Waals surface area (Å²) >= 11 is 2.01. The molecule has 3 unspecified atom stereocenters. The summed E-state index contributed by atoms with van der Waals surface area (Å²) in [4.78, 5) is 0. The van der Waals surface area contributed by atoms with Gasteiger partial charge in [0.2, 0.25) is 0 Å². The molecule has 0 radical (unpaired) electrons. The third-order valence-electron chi connectivity index (χ3n) is 4.52. The van der Waals surface area contributed by atoms with E-state index >= 15 is 0 Å². The average molecular weight is 274 g/mol. The monoisotopic (exact) mass is 274 g/mol. The summed E-state index contributed by atoms with van der Waals surface area (Å²) in [6.45, 7) is 5.05. The predicted molar refractivity (Wildman–Crippen MR) is 75.5 cm³/mol. The van der Waals surface area contributed by atoms with Crippen LogP contribution in [0.15, 0.2) is 0 Å². The highest BCUT2D eigenvalue weighted by molar-refractivity contribution is 7.99. The lowest BCUT2D eigenvalue weighted by Crippen LogP contribution is -2.58. The number of ether oxygens (including phenoxy) is 2. The molecule has 0 aliphatic carbocycles. The van der Waals surface area contributed by atoms with Crippen molar-refractivity contribution in [3.8, 4) is 0 Å². The lowest BCUT2D eigenvalue weighted by molar-refractivity contribution is -0.108. The first-order chi connectivity index (χ1) is 8.53. The van der Waals surface area contributed by atoms with Crippen LogP contribution >= 0.6 is 11.8 Å². The fraction of sp³-hybridized carbons (Fsp3) is 1.00. The standard InChI is InChI=1S/C13H26N2O2S/c1-12(2,16-3)11(15-14)10-4-6-17-13(8-10)5-7-18-9-13/h10-11,15H,4-9,14H2,1-3H3. The highest BCUT2D eigenvalue weighted by Gasteiger charge is 2.45. The largest absolute Gasteiger partial charge is 0.377 e. The third kappa shape index (κ3) is 2.85. The van der Waals surface area contributed by atoms with E-state index in [0.717, 1.165) is 25.2 Å². The SMILES string of the molecule is COC(C)(C)C(NN)C1CCOC2(CCSC2)C1. The molecule has 0 aromatic heterocycles. The molecule has 2 saturated heterocycles. The van der Waals surface area contributed by atoms with Gasteiger partial charge in [0.05, 0.1) is 17.2 Å². The Hall–Kier alpha value is 0.190. The Morgan fingerprint density at radius 2 is 2.33 bits per heavy atom. The van der Waals surface area contributed by atoms with Gasteiger partial charge >= 0.3 is 0 Å². The maximum absolute atomic E-state index is 6.07. The summed E-state index contributed by atoms with van der Waals surface area (Å²) in [6.07, 6.45) is 3.34. The zero-order valence-corrected chi connectivity index (χ0v) is 12.5. The predicted octanol–water partition coefficient (Wildman–Crippen LogP) is 1.55. The molecule has 2 aliphatic rings. The molecule has 2 rings (SSSR count). The lowest BCUT2D eigenvalue weighted by Gasteiger charge is -2.45. The van der Waals surface area contributed by atoms with Crippen LogP contribution in [-0.4, -0.2) is 42.5 Å². The molecule has 2 aliphatic heterocycles. The topological polar surface area (TPSA) is 56.5 Å². The first kappa shape index (κ1) is 14.6. The Labute approximate surface area is 114 Å². The van der Waals surface area contributed by atoms with Gasteiger partial charge in [0.15, 0.2) is 0 Å². The normalized spacial score (nSPS) is 35.0. The Morgan fingerprint density at radius 1 is 1.56 bits per heavy atom. The van der Waals surface area contributed by atoms with Gasteiger partial charge in [-0.05, 0) is 44.8 Å². The Kier molecular flexibility index (Phi) is 4.60. The van der Waals surface area contributed by atoms with Crippen LogP contribution in [0.25, 0.3) is 0 Å². The van der Waals surface area contributed by atoms with Crippen molar-refractivity contribution in [3.63, 3.8) is 0 Å². The fourth-order valence-corrected chi connectivity index (χ4v) is 4.62. The molecule has 5 heteroatoms. The molecule has 0 bridgehead atoms. The van der Waals surface area contributed by atoms with E-state index in [1.54, 1.807) is 7.11 Å². The number of hydrazine groups is 1. The molecular formula is C13H26N2O2S. The Bertz CT molecular complexity index is 280. The van der Waals surface area contributed by atoms with Crippen LogP contribution in [-0.2, 0) is 9.47 Å². The van der Waals surface area contributed by atoms with Gasteiger partial charge in [0, 0.05) is 19.5 Å². The molecule has 1 spiro atoms. The van der Waals surface area contributed by atoms with E-state index in [2.05, 4.69) is 19.3 Å². The van der Waals surface area contributed by atoms with Gasteiger partial charge in [-0.25, -0.2) is 0 Å². The molecule has 0 aromatic carbocycles. The maximum atomic E-state index is 6.07. The van der Waals surface area contributed by atoms with E-state index in [9.17, 15) is 0 Å². The molecule has 3 N–H and O–H groups in total. The minimum atomic E-state index is -0.246. The van der Waals surface area contributed by atoms with Crippen LogP contribution in [0.2, 0.25) is 0 Å². The summed E-state index contributed by atoms with van der Waals surface area (Å²) < 4.78 is 11.7. The van der Waals surface area contributed by atoms with Gasteiger partial charge in [-0.1, -0.05) is 0 Å². The number of hydrogen-bond donors (Lipinski definition) is 2. The lowest BCUT2D eigenvalue weighted by atomic mass is 9.76. The van der Waals surface area contributed by atoms with E-state index in [-0.39, 0.29) is 17.2 Å². The summed E-state index contributed by atoms with van der Waals surface area (Å²) in [5.74, 6) is 8.66. The molecule has 2 heterocycles. The van der Waals surface area contributed by atoms with Crippen molar-refractivity contribution in [2.24, 2.45) is 11.8 Å². The number of nitrogens with one attached hydrogen (secondary N) is 1. The number of hydrogen-bond acceptors (Lipinski definition) is 5. The van der Waals surface area contributed by atoms with Gasteiger partial charge in [-0.15, -0.1) is 0 Å². The highest BCUT2D eigenvalue weighted by Crippen LogP contribution is 2.42. The third-order valence-corrected chi connectivity index (χ3v) is 5.75. The Balaban J connectivity index is 2.07. The van der Waals surface area contributed by atoms with Crippen molar-refractivity contribution in [2.45, 2.75) is 50.4 Å². The molecule has 2 fully saturated rings. The molecule has 0 amide bonds. The first-order valence-corrected chi connectivity index (χ1v) is 7.91. The van der Waals surface area contributed by atoms with E-state index in [4.69, 9.17) is 15.3 Å². The van der Waals surface area contributed by atoms with E-state index in [1.165, 1.54) is 12.2 Å². The molecule has 18 heavy (non-hydrogen) atoms. The second-order valence-electron chi connectivity index (χ2n) is 6.04. The van der Waals surface area contributed by atoms with Crippen LogP contribution in [0.4, 0.5) is 0 Å². The minimum absolute atomic E-state index is 0.104. The zero-order valence-electron chi connectivity index (χ0n) is 11.7. The van der Waals surface area contributed by atoms with Crippen LogP contribution in [0, 0.1) is 5.92 Å². The number of nitrogens with two attached hydrogens (primary N) is 1. The molecule has 0 saturated carbocycles. The van der Waals surface area contributed by atoms with Crippen molar-refractivity contribution >= 4 is 11.8 Å². The van der Waals surface area contributed by atoms with Crippen LogP contribution < -0.4 is 11.3 Å². The molecule has 4 nitrogen and oxygen atoms in total. The van der Waals surface area contributed by atoms with Crippen molar-refractivity contribution in [1.82, 2.24) is 5.43 Å². The number of thioether (sulfide) groups is 1. The van der Waals surface area contributed by atoms with Gasteiger partial charge in [0.1, 0.15) is 0 Å². The average Bonchev–Trinajstić information content (AvgIpc) is 2.78. The van der Waals surface area contributed by atoms with Crippen molar-refractivity contribution in [3.05, 3.63) is 0 Å². The van der Waals surface area contributed by atoms with Gasteiger partial charge in [0.25, 0.3) is 0 Å². The van der Waals surface area contributed by atoms with Crippen LogP contribution in [0.5, 0.6) is 0 Å². The fourth-order valence-electron chi connectivity index (χ4n) is 3.24. The molecule has 3 atom stereocenters. The van der Waals surface area contributed by atoms with E-state index in [0.29, 0.717) is 5.92 Å². The summed E-state index contributed by atoms with van der Waals surface area (Å²) in [6, 6.07) is 0.175.